The highest BCUT2D eigenvalue weighted by atomic mass is 32.1. The smallest absolute Gasteiger partial charge is 0.266 e. The average molecular weight is 508 g/mol. The van der Waals surface area contributed by atoms with E-state index in [1.807, 2.05) is 49.1 Å². The summed E-state index contributed by atoms with van der Waals surface area (Å²) in [6.45, 7) is 5.12. The molecule has 0 bridgehead atoms. The number of benzene rings is 1. The molecular weight excluding hydrogens is 474 g/mol. The molecule has 1 saturated heterocycles. The van der Waals surface area contributed by atoms with Crippen molar-refractivity contribution in [2.24, 2.45) is 5.92 Å². The van der Waals surface area contributed by atoms with Crippen LogP contribution >= 0.6 is 11.3 Å². The zero-order valence-corrected chi connectivity index (χ0v) is 21.7. The summed E-state index contributed by atoms with van der Waals surface area (Å²) in [5, 5.41) is 8.22. The molecule has 3 heterocycles. The summed E-state index contributed by atoms with van der Waals surface area (Å²) >= 11 is 1.43. The molecule has 190 valence electrons. The number of aryl methyl sites for hydroxylation is 2. The van der Waals surface area contributed by atoms with Crippen LogP contribution in [0.15, 0.2) is 34.9 Å². The number of hydrogen-bond acceptors (Lipinski definition) is 7. The molecule has 2 aliphatic rings. The Kier molecular flexibility index (Phi) is 7.46. The molecule has 5 rings (SSSR count). The molecule has 2 fully saturated rings. The Morgan fingerprint density at radius 1 is 1.11 bits per heavy atom. The number of amides is 2. The van der Waals surface area contributed by atoms with Gasteiger partial charge in [-0.05, 0) is 45.1 Å². The second-order valence-corrected chi connectivity index (χ2v) is 11.1. The van der Waals surface area contributed by atoms with Gasteiger partial charge < -0.3 is 14.7 Å². The van der Waals surface area contributed by atoms with Gasteiger partial charge in [-0.25, -0.2) is 4.98 Å². The SMILES string of the molecule is Cc1nc(C)c(C(=O)N2CCCCCCNC(=O)[C@@H]3C[C@@H](c4nc(Cc5ccccc5)no4)C[C@@H]32)s1. The Morgan fingerprint density at radius 2 is 1.92 bits per heavy atom. The van der Waals surface area contributed by atoms with Crippen molar-refractivity contribution >= 4 is 23.2 Å². The molecule has 0 unspecified atom stereocenters. The van der Waals surface area contributed by atoms with Gasteiger partial charge in [0.05, 0.1) is 16.6 Å². The normalized spacial score (nSPS) is 23.1. The van der Waals surface area contributed by atoms with Crippen LogP contribution in [0.2, 0.25) is 0 Å². The van der Waals surface area contributed by atoms with Crippen molar-refractivity contribution in [3.8, 4) is 0 Å². The summed E-state index contributed by atoms with van der Waals surface area (Å²) in [6.07, 6.45) is 5.78. The van der Waals surface area contributed by atoms with Gasteiger partial charge in [-0.15, -0.1) is 11.3 Å². The number of nitrogens with zero attached hydrogens (tertiary/aromatic N) is 4. The van der Waals surface area contributed by atoms with Gasteiger partial charge in [0.15, 0.2) is 5.82 Å². The second-order valence-electron chi connectivity index (χ2n) is 9.90. The Hall–Kier alpha value is -3.07. The van der Waals surface area contributed by atoms with Crippen LogP contribution in [-0.2, 0) is 11.2 Å². The molecule has 0 spiro atoms. The summed E-state index contributed by atoms with van der Waals surface area (Å²) in [5.74, 6) is 0.824. The molecule has 0 radical (unpaired) electrons. The largest absolute Gasteiger partial charge is 0.356 e. The van der Waals surface area contributed by atoms with E-state index < -0.39 is 0 Å². The van der Waals surface area contributed by atoms with Crippen molar-refractivity contribution < 1.29 is 14.1 Å². The van der Waals surface area contributed by atoms with Gasteiger partial charge in [-0.3, -0.25) is 9.59 Å². The van der Waals surface area contributed by atoms with Crippen molar-refractivity contribution in [2.45, 2.75) is 70.8 Å². The van der Waals surface area contributed by atoms with E-state index in [1.165, 1.54) is 11.3 Å². The number of nitrogens with one attached hydrogen (secondary N) is 1. The first-order chi connectivity index (χ1) is 17.5. The predicted molar refractivity (Wildman–Crippen MR) is 137 cm³/mol. The van der Waals surface area contributed by atoms with Gasteiger partial charge in [0.2, 0.25) is 11.8 Å². The Balaban J connectivity index is 1.41. The van der Waals surface area contributed by atoms with Crippen molar-refractivity contribution in [3.05, 3.63) is 63.2 Å². The predicted octanol–water partition coefficient (Wildman–Crippen LogP) is 4.43. The van der Waals surface area contributed by atoms with E-state index in [0.29, 0.717) is 48.9 Å². The average Bonchev–Trinajstić information content (AvgIpc) is 3.59. The van der Waals surface area contributed by atoms with E-state index in [0.717, 1.165) is 41.9 Å². The fourth-order valence-electron chi connectivity index (χ4n) is 5.51. The van der Waals surface area contributed by atoms with Gasteiger partial charge >= 0.3 is 0 Å². The third kappa shape index (κ3) is 5.36. The summed E-state index contributed by atoms with van der Waals surface area (Å²) in [5.41, 5.74) is 1.88. The highest BCUT2D eigenvalue weighted by Gasteiger charge is 2.46. The van der Waals surface area contributed by atoms with Gasteiger partial charge in [-0.1, -0.05) is 48.3 Å². The first-order valence-electron chi connectivity index (χ1n) is 12.9. The summed E-state index contributed by atoms with van der Waals surface area (Å²) in [6, 6.07) is 9.83. The first-order valence-corrected chi connectivity index (χ1v) is 13.7. The maximum atomic E-state index is 13.8. The fraction of sp³-hybridized carbons (Fsp3) is 0.519. The van der Waals surface area contributed by atoms with E-state index in [9.17, 15) is 9.59 Å². The fourth-order valence-corrected chi connectivity index (χ4v) is 6.38. The molecule has 3 atom stereocenters. The van der Waals surface area contributed by atoms with Gasteiger partial charge in [0, 0.05) is 31.5 Å². The zero-order valence-electron chi connectivity index (χ0n) is 20.9. The molecular formula is C27H33N5O3S. The number of carbonyl (C=O) groups excluding carboxylic acids is 2. The van der Waals surface area contributed by atoms with E-state index in [2.05, 4.69) is 15.5 Å². The van der Waals surface area contributed by atoms with Crippen LogP contribution in [0.3, 0.4) is 0 Å². The van der Waals surface area contributed by atoms with Crippen molar-refractivity contribution in [3.63, 3.8) is 0 Å². The quantitative estimate of drug-likeness (QED) is 0.561. The highest BCUT2D eigenvalue weighted by Crippen LogP contribution is 2.42. The highest BCUT2D eigenvalue weighted by molar-refractivity contribution is 7.13. The number of rotatable bonds is 4. The minimum atomic E-state index is -0.309. The van der Waals surface area contributed by atoms with Crippen LogP contribution in [-0.4, -0.2) is 51.0 Å². The van der Waals surface area contributed by atoms with Crippen LogP contribution in [0.5, 0.6) is 0 Å². The standard InChI is InChI=1S/C27H33N5O3S/c1-17-24(36-18(2)29-17)27(34)32-13-9-4-3-8-12-28-25(33)21-15-20(16-22(21)32)26-30-23(31-35-26)14-19-10-6-5-7-11-19/h5-7,10-11,20-22H,3-4,8-9,12-16H2,1-2H3,(H,28,33)/t20-,21-,22+/m1/s1. The summed E-state index contributed by atoms with van der Waals surface area (Å²) in [7, 11) is 0. The minimum absolute atomic E-state index is 0.0171. The lowest BCUT2D eigenvalue weighted by Gasteiger charge is -2.32. The summed E-state index contributed by atoms with van der Waals surface area (Å²) in [4.78, 5) is 38.9. The number of fused-ring (bicyclic) bond motifs is 1. The molecule has 1 saturated carbocycles. The van der Waals surface area contributed by atoms with Crippen LogP contribution in [0, 0.1) is 19.8 Å². The molecule has 36 heavy (non-hydrogen) atoms. The maximum absolute atomic E-state index is 13.8. The number of carbonyl (C=O) groups is 2. The lowest BCUT2D eigenvalue weighted by atomic mass is 10.00. The van der Waals surface area contributed by atoms with Gasteiger partial charge in [0.1, 0.15) is 4.88 Å². The molecule has 1 aliphatic carbocycles. The second kappa shape index (κ2) is 10.9. The van der Waals surface area contributed by atoms with E-state index in [4.69, 9.17) is 9.51 Å². The summed E-state index contributed by atoms with van der Waals surface area (Å²) < 4.78 is 5.69. The molecule has 1 aromatic carbocycles. The topological polar surface area (TPSA) is 101 Å². The van der Waals surface area contributed by atoms with E-state index >= 15 is 0 Å². The van der Waals surface area contributed by atoms with Crippen molar-refractivity contribution in [1.29, 1.82) is 0 Å². The molecule has 9 heteroatoms. The monoisotopic (exact) mass is 507 g/mol. The Bertz CT molecular complexity index is 1210. The van der Waals surface area contributed by atoms with E-state index in [1.54, 1.807) is 0 Å². The Morgan fingerprint density at radius 3 is 2.69 bits per heavy atom. The maximum Gasteiger partial charge on any atom is 0.266 e. The first kappa shape index (κ1) is 24.6. The van der Waals surface area contributed by atoms with Crippen LogP contribution in [0.4, 0.5) is 0 Å². The number of hydrogen-bond donors (Lipinski definition) is 1. The van der Waals surface area contributed by atoms with Gasteiger partial charge in [0.25, 0.3) is 5.91 Å². The third-order valence-electron chi connectivity index (χ3n) is 7.29. The molecule has 2 aromatic heterocycles. The van der Waals surface area contributed by atoms with Crippen LogP contribution in [0.25, 0.3) is 0 Å². The molecule has 8 nitrogen and oxygen atoms in total. The molecule has 1 N–H and O–H groups in total. The number of thiazole rings is 1. The van der Waals surface area contributed by atoms with Crippen LogP contribution < -0.4 is 5.32 Å². The lowest BCUT2D eigenvalue weighted by molar-refractivity contribution is -0.126. The van der Waals surface area contributed by atoms with Gasteiger partial charge in [-0.2, -0.15) is 4.98 Å². The number of aromatic nitrogens is 3. The third-order valence-corrected chi connectivity index (χ3v) is 8.35. The molecule has 1 aliphatic heterocycles. The van der Waals surface area contributed by atoms with Crippen LogP contribution in [0.1, 0.15) is 82.1 Å². The molecule has 3 aromatic rings. The lowest BCUT2D eigenvalue weighted by Crippen LogP contribution is -2.47. The van der Waals surface area contributed by atoms with Crippen molar-refractivity contribution in [1.82, 2.24) is 25.3 Å². The van der Waals surface area contributed by atoms with Crippen molar-refractivity contribution in [2.75, 3.05) is 13.1 Å². The van der Waals surface area contributed by atoms with E-state index in [-0.39, 0.29) is 29.7 Å². The Labute approximate surface area is 215 Å². The molecule has 2 amide bonds. The zero-order chi connectivity index (χ0) is 25.1. The minimum Gasteiger partial charge on any atom is -0.356 e.